The third-order valence-corrected chi connectivity index (χ3v) is 4.64. The van der Waals surface area contributed by atoms with Crippen molar-refractivity contribution in [3.8, 4) is 5.75 Å². The molecule has 138 valence electrons. The zero-order valence-electron chi connectivity index (χ0n) is 14.2. The highest BCUT2D eigenvalue weighted by atomic mass is 35.5. The molecule has 1 aliphatic heterocycles. The van der Waals surface area contributed by atoms with Crippen molar-refractivity contribution in [2.75, 3.05) is 15.9 Å². The van der Waals surface area contributed by atoms with Crippen molar-refractivity contribution < 1.29 is 22.3 Å². The highest BCUT2D eigenvalue weighted by molar-refractivity contribution is 7.92. The Morgan fingerprint density at radius 1 is 1.19 bits per heavy atom. The number of anilines is 3. The summed E-state index contributed by atoms with van der Waals surface area (Å²) in [7, 11) is -3.46. The Hall–Kier alpha value is -2.32. The molecule has 3 rings (SSSR count). The van der Waals surface area contributed by atoms with Gasteiger partial charge in [-0.15, -0.1) is 0 Å². The van der Waals surface area contributed by atoms with Gasteiger partial charge >= 0.3 is 0 Å². The van der Waals surface area contributed by atoms with E-state index < -0.39 is 21.4 Å². The Balaban J connectivity index is 2.14. The molecule has 9 heteroatoms. The standard InChI is InChI=1S/C17H16ClFN2O4S/c1-17(2)16(22)21(11-5-6-13(19)12(18)9-11)14-7-4-10(8-15(14)25-17)20-26(3,23)24/h4-9,20H,1-3H3. The molecule has 0 fully saturated rings. The minimum absolute atomic E-state index is 0.114. The van der Waals surface area contributed by atoms with Gasteiger partial charge in [-0.3, -0.25) is 14.4 Å². The van der Waals surface area contributed by atoms with Gasteiger partial charge in [-0.05, 0) is 44.2 Å². The summed E-state index contributed by atoms with van der Waals surface area (Å²) in [4.78, 5) is 14.2. The van der Waals surface area contributed by atoms with Gasteiger partial charge in [0, 0.05) is 6.07 Å². The number of halogens is 2. The molecule has 2 aromatic rings. The Kier molecular flexibility index (Phi) is 4.36. The molecule has 0 spiro atoms. The van der Waals surface area contributed by atoms with Gasteiger partial charge in [-0.2, -0.15) is 0 Å². The van der Waals surface area contributed by atoms with Crippen LogP contribution in [0.4, 0.5) is 21.5 Å². The van der Waals surface area contributed by atoms with E-state index in [4.69, 9.17) is 16.3 Å². The van der Waals surface area contributed by atoms with Gasteiger partial charge in [0.05, 0.1) is 28.3 Å². The molecule has 0 bridgehead atoms. The molecule has 6 nitrogen and oxygen atoms in total. The number of fused-ring (bicyclic) bond motifs is 1. The first-order chi connectivity index (χ1) is 12.0. The predicted octanol–water partition coefficient (Wildman–Crippen LogP) is 3.69. The summed E-state index contributed by atoms with van der Waals surface area (Å²) in [6, 6.07) is 8.51. The van der Waals surface area contributed by atoms with Crippen molar-refractivity contribution in [2.45, 2.75) is 19.4 Å². The molecular weight excluding hydrogens is 383 g/mol. The van der Waals surface area contributed by atoms with Crippen LogP contribution in [0.3, 0.4) is 0 Å². The lowest BCUT2D eigenvalue weighted by Gasteiger charge is -2.39. The number of sulfonamides is 1. The molecular formula is C17H16ClFN2O4S. The van der Waals surface area contributed by atoms with Crippen LogP contribution in [0.5, 0.6) is 5.75 Å². The second kappa shape index (κ2) is 6.14. The lowest BCUT2D eigenvalue weighted by Crippen LogP contribution is -2.50. The molecule has 2 aromatic carbocycles. The van der Waals surface area contributed by atoms with Crippen LogP contribution < -0.4 is 14.4 Å². The van der Waals surface area contributed by atoms with Crippen LogP contribution in [0.15, 0.2) is 36.4 Å². The van der Waals surface area contributed by atoms with Crippen LogP contribution in [0.2, 0.25) is 5.02 Å². The summed E-state index contributed by atoms with van der Waals surface area (Å²) < 4.78 is 44.5. The highest BCUT2D eigenvalue weighted by Gasteiger charge is 2.42. The van der Waals surface area contributed by atoms with Gasteiger partial charge in [-0.25, -0.2) is 12.8 Å². The number of rotatable bonds is 3. The number of amides is 1. The van der Waals surface area contributed by atoms with Crippen LogP contribution in [0.25, 0.3) is 0 Å². The van der Waals surface area contributed by atoms with E-state index in [1.807, 2.05) is 0 Å². The van der Waals surface area contributed by atoms with E-state index in [-0.39, 0.29) is 10.9 Å². The summed E-state index contributed by atoms with van der Waals surface area (Å²) in [6.07, 6.45) is 1.04. The van der Waals surface area contributed by atoms with Crippen molar-refractivity contribution in [2.24, 2.45) is 0 Å². The Labute approximate surface area is 155 Å². The minimum Gasteiger partial charge on any atom is -0.476 e. The molecule has 1 aliphatic rings. The van der Waals surface area contributed by atoms with Crippen LogP contribution in [-0.2, 0) is 14.8 Å². The first-order valence-corrected chi connectivity index (χ1v) is 9.85. The van der Waals surface area contributed by atoms with Crippen molar-refractivity contribution in [3.63, 3.8) is 0 Å². The fraction of sp³-hybridized carbons (Fsp3) is 0.235. The maximum atomic E-state index is 13.5. The van der Waals surface area contributed by atoms with Crippen molar-refractivity contribution in [3.05, 3.63) is 47.2 Å². The van der Waals surface area contributed by atoms with Crippen LogP contribution in [0.1, 0.15) is 13.8 Å². The molecule has 0 aromatic heterocycles. The predicted molar refractivity (Wildman–Crippen MR) is 98.2 cm³/mol. The largest absolute Gasteiger partial charge is 0.476 e. The summed E-state index contributed by atoms with van der Waals surface area (Å²) in [6.45, 7) is 3.18. The molecule has 0 aliphatic carbocycles. The second-order valence-electron chi connectivity index (χ2n) is 6.41. The zero-order chi connectivity index (χ0) is 19.3. The number of benzene rings is 2. The zero-order valence-corrected chi connectivity index (χ0v) is 15.8. The molecule has 0 saturated heterocycles. The Morgan fingerprint density at radius 3 is 2.50 bits per heavy atom. The lowest BCUT2D eigenvalue weighted by molar-refractivity contribution is -0.131. The lowest BCUT2D eigenvalue weighted by atomic mass is 10.0. The highest BCUT2D eigenvalue weighted by Crippen LogP contribution is 2.43. The van der Waals surface area contributed by atoms with E-state index in [1.165, 1.54) is 35.2 Å². The normalized spacial score (nSPS) is 16.0. The quantitative estimate of drug-likeness (QED) is 0.855. The summed E-state index contributed by atoms with van der Waals surface area (Å²) in [5.41, 5.74) is -0.134. The molecule has 1 heterocycles. The molecule has 0 saturated carbocycles. The fourth-order valence-corrected chi connectivity index (χ4v) is 3.37. The van der Waals surface area contributed by atoms with Crippen LogP contribution in [-0.4, -0.2) is 26.2 Å². The van der Waals surface area contributed by atoms with Gasteiger partial charge in [0.25, 0.3) is 5.91 Å². The maximum absolute atomic E-state index is 13.5. The van der Waals surface area contributed by atoms with Gasteiger partial charge in [0.15, 0.2) is 5.60 Å². The van der Waals surface area contributed by atoms with E-state index in [0.717, 1.165) is 6.26 Å². The first-order valence-electron chi connectivity index (χ1n) is 7.58. The monoisotopic (exact) mass is 398 g/mol. The van der Waals surface area contributed by atoms with Gasteiger partial charge in [0.2, 0.25) is 10.0 Å². The van der Waals surface area contributed by atoms with Crippen LogP contribution >= 0.6 is 11.6 Å². The van der Waals surface area contributed by atoms with Crippen molar-refractivity contribution >= 4 is 44.6 Å². The molecule has 0 radical (unpaired) electrons. The van der Waals surface area contributed by atoms with E-state index in [9.17, 15) is 17.6 Å². The summed E-state index contributed by atoms with van der Waals surface area (Å²) in [5.74, 6) is -0.650. The maximum Gasteiger partial charge on any atom is 0.275 e. The van der Waals surface area contributed by atoms with Crippen molar-refractivity contribution in [1.82, 2.24) is 0 Å². The number of hydrogen-bond acceptors (Lipinski definition) is 4. The third-order valence-electron chi connectivity index (χ3n) is 3.75. The van der Waals surface area contributed by atoms with E-state index >= 15 is 0 Å². The van der Waals surface area contributed by atoms with E-state index in [0.29, 0.717) is 22.8 Å². The molecule has 1 amide bonds. The number of carbonyl (C=O) groups is 1. The van der Waals surface area contributed by atoms with E-state index in [1.54, 1.807) is 19.9 Å². The average molecular weight is 399 g/mol. The smallest absolute Gasteiger partial charge is 0.275 e. The number of hydrogen-bond donors (Lipinski definition) is 1. The van der Waals surface area contributed by atoms with Gasteiger partial charge < -0.3 is 4.74 Å². The average Bonchev–Trinajstić information content (AvgIpc) is 2.50. The fourth-order valence-electron chi connectivity index (χ4n) is 2.64. The minimum atomic E-state index is -3.46. The Morgan fingerprint density at radius 2 is 1.88 bits per heavy atom. The topological polar surface area (TPSA) is 75.7 Å². The number of carbonyl (C=O) groups excluding carboxylic acids is 1. The third kappa shape index (κ3) is 3.47. The second-order valence-corrected chi connectivity index (χ2v) is 8.56. The number of nitrogens with zero attached hydrogens (tertiary/aromatic N) is 1. The van der Waals surface area contributed by atoms with E-state index in [2.05, 4.69) is 4.72 Å². The number of ether oxygens (including phenoxy) is 1. The number of nitrogens with one attached hydrogen (secondary N) is 1. The first kappa shape index (κ1) is 18.5. The SMILES string of the molecule is CC1(C)Oc2cc(NS(C)(=O)=O)ccc2N(c2ccc(F)c(Cl)c2)C1=O. The van der Waals surface area contributed by atoms with Crippen molar-refractivity contribution in [1.29, 1.82) is 0 Å². The molecule has 0 atom stereocenters. The van der Waals surface area contributed by atoms with Gasteiger partial charge in [-0.1, -0.05) is 11.6 Å². The molecule has 0 unspecified atom stereocenters. The Bertz CT molecular complexity index is 1010. The summed E-state index contributed by atoms with van der Waals surface area (Å²) in [5, 5.41) is -0.114. The van der Waals surface area contributed by atoms with Gasteiger partial charge in [0.1, 0.15) is 11.6 Å². The van der Waals surface area contributed by atoms with Crippen LogP contribution in [0, 0.1) is 5.82 Å². The molecule has 26 heavy (non-hydrogen) atoms. The molecule has 1 N–H and O–H groups in total. The summed E-state index contributed by atoms with van der Waals surface area (Å²) >= 11 is 5.86.